The van der Waals surface area contributed by atoms with E-state index in [0.717, 1.165) is 11.6 Å². The van der Waals surface area contributed by atoms with Crippen LogP contribution in [-0.4, -0.2) is 46.3 Å². The molecule has 238 valence electrons. The number of amides is 1. The summed E-state index contributed by atoms with van der Waals surface area (Å²) in [6.07, 6.45) is -4.26. The summed E-state index contributed by atoms with van der Waals surface area (Å²) >= 11 is 1.21. The summed E-state index contributed by atoms with van der Waals surface area (Å²) in [5.74, 6) is -0.161. The molecule has 7 nitrogen and oxygen atoms in total. The SMILES string of the molecule is COc1cc(/C=C2\SC(N3CCC(C(O)c4cccnc4)CC3)=NC2=O)ccc1OCc1ccc(C(F)(F)F)cc1C(F)(F)F. The maximum absolute atomic E-state index is 13.5. The highest BCUT2D eigenvalue weighted by Gasteiger charge is 2.38. The van der Waals surface area contributed by atoms with E-state index in [2.05, 4.69) is 9.98 Å². The summed E-state index contributed by atoms with van der Waals surface area (Å²) in [5.41, 5.74) is -2.03. The van der Waals surface area contributed by atoms with Crippen LogP contribution in [0.1, 0.15) is 46.8 Å². The van der Waals surface area contributed by atoms with Crippen LogP contribution in [0.25, 0.3) is 6.08 Å². The van der Waals surface area contributed by atoms with Crippen LogP contribution in [-0.2, 0) is 23.8 Å². The first-order chi connectivity index (χ1) is 21.3. The third kappa shape index (κ3) is 7.61. The normalized spacial score (nSPS) is 17.9. The zero-order valence-corrected chi connectivity index (χ0v) is 24.5. The minimum Gasteiger partial charge on any atom is -0.493 e. The molecule has 1 fully saturated rings. The number of hydrogen-bond acceptors (Lipinski definition) is 7. The summed E-state index contributed by atoms with van der Waals surface area (Å²) in [4.78, 5) is 23.3. The summed E-state index contributed by atoms with van der Waals surface area (Å²) in [5, 5.41) is 11.3. The lowest BCUT2D eigenvalue weighted by Crippen LogP contribution is -2.38. The molecule has 1 saturated heterocycles. The molecule has 1 amide bonds. The number of aromatic nitrogens is 1. The molecule has 2 aliphatic heterocycles. The average Bonchev–Trinajstić information content (AvgIpc) is 3.39. The molecule has 14 heteroatoms. The number of halogens is 6. The lowest BCUT2D eigenvalue weighted by atomic mass is 9.88. The topological polar surface area (TPSA) is 84.3 Å². The van der Waals surface area contributed by atoms with Crippen LogP contribution < -0.4 is 9.47 Å². The zero-order chi connectivity index (χ0) is 32.4. The lowest BCUT2D eigenvalue weighted by Gasteiger charge is -2.34. The molecule has 5 rings (SSSR count). The van der Waals surface area contributed by atoms with Crippen LogP contribution in [0.5, 0.6) is 11.5 Å². The molecule has 0 aliphatic carbocycles. The van der Waals surface area contributed by atoms with Gasteiger partial charge in [0.25, 0.3) is 5.91 Å². The molecule has 3 heterocycles. The van der Waals surface area contributed by atoms with Crippen molar-refractivity contribution in [2.45, 2.75) is 37.9 Å². The number of hydrogen-bond donors (Lipinski definition) is 1. The van der Waals surface area contributed by atoms with Crippen LogP contribution in [0.15, 0.2) is 70.8 Å². The van der Waals surface area contributed by atoms with Crippen molar-refractivity contribution in [3.05, 3.63) is 93.6 Å². The molecule has 45 heavy (non-hydrogen) atoms. The second kappa shape index (κ2) is 13.1. The maximum Gasteiger partial charge on any atom is 0.416 e. The summed E-state index contributed by atoms with van der Waals surface area (Å²) in [7, 11) is 1.32. The van der Waals surface area contributed by atoms with Gasteiger partial charge in [0.2, 0.25) is 0 Å². The Morgan fingerprint density at radius 3 is 2.44 bits per heavy atom. The number of nitrogens with zero attached hydrogens (tertiary/aromatic N) is 3. The highest BCUT2D eigenvalue weighted by Crippen LogP contribution is 2.39. The highest BCUT2D eigenvalue weighted by atomic mass is 32.2. The van der Waals surface area contributed by atoms with Crippen molar-refractivity contribution in [3.8, 4) is 11.5 Å². The Morgan fingerprint density at radius 1 is 1.04 bits per heavy atom. The van der Waals surface area contributed by atoms with Crippen LogP contribution >= 0.6 is 11.8 Å². The monoisotopic (exact) mass is 651 g/mol. The first kappa shape index (κ1) is 32.4. The minimum absolute atomic E-state index is 0.0515. The molecule has 1 atom stereocenters. The van der Waals surface area contributed by atoms with Crippen molar-refractivity contribution in [1.29, 1.82) is 0 Å². The number of aliphatic hydroxyl groups is 1. The Kier molecular flexibility index (Phi) is 9.44. The van der Waals surface area contributed by atoms with Crippen molar-refractivity contribution in [2.24, 2.45) is 10.9 Å². The number of methoxy groups -OCH3 is 1. The predicted molar refractivity (Wildman–Crippen MR) is 155 cm³/mol. The van der Waals surface area contributed by atoms with Gasteiger partial charge in [0.15, 0.2) is 16.7 Å². The van der Waals surface area contributed by atoms with E-state index in [1.165, 1.54) is 31.0 Å². The average molecular weight is 652 g/mol. The van der Waals surface area contributed by atoms with Gasteiger partial charge in [0, 0.05) is 31.0 Å². The zero-order valence-electron chi connectivity index (χ0n) is 23.7. The summed E-state index contributed by atoms with van der Waals surface area (Å²) < 4.78 is 90.4. The maximum atomic E-state index is 13.5. The van der Waals surface area contributed by atoms with E-state index < -0.39 is 47.7 Å². The molecule has 0 saturated carbocycles. The number of ether oxygens (including phenoxy) is 2. The second-order valence-electron chi connectivity index (χ2n) is 10.4. The summed E-state index contributed by atoms with van der Waals surface area (Å²) in [6, 6.07) is 9.52. The standard InChI is InChI=1S/C31H27F6N3O4S/c1-43-25-13-18(4-7-24(25)44-17-21-5-6-22(30(32,33)34)15-23(21)31(35,36)37)14-26-28(42)39-29(45-26)40-11-8-19(9-12-40)27(41)20-3-2-10-38-16-20/h2-7,10,13-16,19,27,41H,8-9,11-12,17H2,1H3/b26-14-. The van der Waals surface area contributed by atoms with Gasteiger partial charge in [0.05, 0.1) is 29.2 Å². The van der Waals surface area contributed by atoms with Crippen molar-refractivity contribution >= 4 is 28.9 Å². The number of likely N-dealkylation sites (tertiary alicyclic amines) is 1. The number of amidine groups is 1. The van der Waals surface area contributed by atoms with Crippen molar-refractivity contribution in [3.63, 3.8) is 0 Å². The second-order valence-corrected chi connectivity index (χ2v) is 11.4. The number of benzene rings is 2. The van der Waals surface area contributed by atoms with Crippen LogP contribution in [0.2, 0.25) is 0 Å². The summed E-state index contributed by atoms with van der Waals surface area (Å²) in [6.45, 7) is 0.567. The van der Waals surface area contributed by atoms with E-state index in [9.17, 15) is 36.2 Å². The van der Waals surface area contributed by atoms with E-state index in [1.807, 2.05) is 11.0 Å². The molecular formula is C31H27F6N3O4S. The number of alkyl halides is 6. The molecule has 3 aromatic rings. The van der Waals surface area contributed by atoms with Gasteiger partial charge < -0.3 is 19.5 Å². The molecule has 0 spiro atoms. The number of rotatable bonds is 7. The molecular weight excluding hydrogens is 624 g/mol. The number of aliphatic imine (C=N–C) groups is 1. The van der Waals surface area contributed by atoms with E-state index >= 15 is 0 Å². The number of carbonyl (C=O) groups excluding carboxylic acids is 1. The quantitative estimate of drug-likeness (QED) is 0.215. The van der Waals surface area contributed by atoms with Gasteiger partial charge in [-0.2, -0.15) is 31.3 Å². The molecule has 1 unspecified atom stereocenters. The smallest absolute Gasteiger partial charge is 0.416 e. The fourth-order valence-corrected chi connectivity index (χ4v) is 6.07. The van der Waals surface area contributed by atoms with Crippen LogP contribution in [0, 0.1) is 5.92 Å². The largest absolute Gasteiger partial charge is 0.493 e. The van der Waals surface area contributed by atoms with Crippen LogP contribution in [0.3, 0.4) is 0 Å². The third-order valence-electron chi connectivity index (χ3n) is 7.50. The Balaban J connectivity index is 1.23. The third-order valence-corrected chi connectivity index (χ3v) is 8.55. The number of aliphatic hydroxyl groups excluding tert-OH is 1. The first-order valence-electron chi connectivity index (χ1n) is 13.8. The molecule has 1 N–H and O–H groups in total. The minimum atomic E-state index is -5.02. The first-order valence-corrected chi connectivity index (χ1v) is 14.6. The highest BCUT2D eigenvalue weighted by molar-refractivity contribution is 8.18. The molecule has 0 radical (unpaired) electrons. The Labute approximate surface area is 258 Å². The van der Waals surface area contributed by atoms with Gasteiger partial charge in [-0.15, -0.1) is 0 Å². The van der Waals surface area contributed by atoms with Gasteiger partial charge in [-0.1, -0.05) is 18.2 Å². The van der Waals surface area contributed by atoms with Gasteiger partial charge in [-0.25, -0.2) is 0 Å². The van der Waals surface area contributed by atoms with E-state index in [1.54, 1.807) is 30.6 Å². The Bertz CT molecular complexity index is 1600. The van der Waals surface area contributed by atoms with E-state index in [4.69, 9.17) is 9.47 Å². The fourth-order valence-electron chi connectivity index (χ4n) is 5.11. The number of piperidine rings is 1. The molecule has 0 bridgehead atoms. The fraction of sp³-hybridized carbons (Fsp3) is 0.323. The van der Waals surface area contributed by atoms with Gasteiger partial charge in [-0.05, 0) is 78.1 Å². The molecule has 2 aromatic carbocycles. The van der Waals surface area contributed by atoms with Gasteiger partial charge >= 0.3 is 12.4 Å². The van der Waals surface area contributed by atoms with Crippen LogP contribution in [0.4, 0.5) is 26.3 Å². The Morgan fingerprint density at radius 2 is 1.80 bits per heavy atom. The van der Waals surface area contributed by atoms with E-state index in [-0.39, 0.29) is 23.5 Å². The number of carbonyl (C=O) groups is 1. The van der Waals surface area contributed by atoms with Gasteiger partial charge in [-0.3, -0.25) is 9.78 Å². The lowest BCUT2D eigenvalue weighted by molar-refractivity contribution is -0.143. The molecule has 1 aromatic heterocycles. The van der Waals surface area contributed by atoms with Crippen molar-refractivity contribution in [2.75, 3.05) is 20.2 Å². The van der Waals surface area contributed by atoms with Crippen molar-refractivity contribution in [1.82, 2.24) is 9.88 Å². The predicted octanol–water partition coefficient (Wildman–Crippen LogP) is 7.12. The van der Waals surface area contributed by atoms with Crippen molar-refractivity contribution < 1.29 is 45.7 Å². The number of thioether (sulfide) groups is 1. The van der Waals surface area contributed by atoms with E-state index in [0.29, 0.717) is 47.6 Å². The van der Waals surface area contributed by atoms with Gasteiger partial charge in [0.1, 0.15) is 6.61 Å². The number of pyridine rings is 1. The molecule has 2 aliphatic rings. The Hall–Kier alpha value is -4.04.